The van der Waals surface area contributed by atoms with Crippen LogP contribution in [0.15, 0.2) is 30.3 Å². The van der Waals surface area contributed by atoms with Crippen molar-refractivity contribution in [1.29, 1.82) is 0 Å². The molecule has 0 aliphatic rings. The standard InChI is InChI=1S/C16H22N4/c1-5-14-19-15(17-4)10-16(20-14)18-13-8-6-12(7-9-13)11(2)3/h6-11H,5H2,1-4H3,(H2,17,18,19,20). The lowest BCUT2D eigenvalue weighted by atomic mass is 10.0. The number of nitrogens with zero attached hydrogens (tertiary/aromatic N) is 2. The lowest BCUT2D eigenvalue weighted by Gasteiger charge is -2.10. The molecule has 2 rings (SSSR count). The molecule has 0 atom stereocenters. The Balaban J connectivity index is 2.20. The van der Waals surface area contributed by atoms with Gasteiger partial charge in [-0.25, -0.2) is 9.97 Å². The Hall–Kier alpha value is -2.10. The summed E-state index contributed by atoms with van der Waals surface area (Å²) in [5, 5.41) is 6.39. The molecule has 2 aromatic rings. The van der Waals surface area contributed by atoms with Crippen molar-refractivity contribution in [1.82, 2.24) is 9.97 Å². The fourth-order valence-electron chi connectivity index (χ4n) is 1.95. The summed E-state index contributed by atoms with van der Waals surface area (Å²) in [6, 6.07) is 10.4. The fourth-order valence-corrected chi connectivity index (χ4v) is 1.95. The zero-order chi connectivity index (χ0) is 14.5. The number of anilines is 3. The van der Waals surface area contributed by atoms with E-state index in [-0.39, 0.29) is 0 Å². The zero-order valence-electron chi connectivity index (χ0n) is 12.6. The lowest BCUT2D eigenvalue weighted by Crippen LogP contribution is -2.03. The second-order valence-electron chi connectivity index (χ2n) is 5.06. The molecule has 0 fully saturated rings. The highest BCUT2D eigenvalue weighted by Crippen LogP contribution is 2.21. The normalized spacial score (nSPS) is 10.7. The molecule has 0 aliphatic heterocycles. The highest BCUT2D eigenvalue weighted by molar-refractivity contribution is 5.59. The first-order valence-corrected chi connectivity index (χ1v) is 7.05. The van der Waals surface area contributed by atoms with Gasteiger partial charge in [0.25, 0.3) is 0 Å². The van der Waals surface area contributed by atoms with Crippen LogP contribution in [0.3, 0.4) is 0 Å². The highest BCUT2D eigenvalue weighted by atomic mass is 15.1. The van der Waals surface area contributed by atoms with Gasteiger partial charge in [-0.05, 0) is 23.6 Å². The Kier molecular flexibility index (Phi) is 4.56. The summed E-state index contributed by atoms with van der Waals surface area (Å²) in [6.45, 7) is 6.44. The Morgan fingerprint density at radius 3 is 2.25 bits per heavy atom. The summed E-state index contributed by atoms with van der Waals surface area (Å²) in [4.78, 5) is 8.88. The third-order valence-electron chi connectivity index (χ3n) is 3.19. The molecule has 0 spiro atoms. The number of benzene rings is 1. The molecule has 4 heteroatoms. The zero-order valence-corrected chi connectivity index (χ0v) is 12.6. The Bertz CT molecular complexity index is 539. The second-order valence-corrected chi connectivity index (χ2v) is 5.06. The van der Waals surface area contributed by atoms with Gasteiger partial charge in [-0.2, -0.15) is 0 Å². The number of rotatable bonds is 5. The van der Waals surface area contributed by atoms with Crippen molar-refractivity contribution in [3.05, 3.63) is 41.7 Å². The van der Waals surface area contributed by atoms with Crippen molar-refractivity contribution in [2.45, 2.75) is 33.1 Å². The van der Waals surface area contributed by atoms with E-state index in [1.165, 1.54) is 5.56 Å². The monoisotopic (exact) mass is 270 g/mol. The molecule has 0 amide bonds. The van der Waals surface area contributed by atoms with Gasteiger partial charge in [-0.15, -0.1) is 0 Å². The molecule has 4 nitrogen and oxygen atoms in total. The van der Waals surface area contributed by atoms with Crippen LogP contribution in [0.25, 0.3) is 0 Å². The van der Waals surface area contributed by atoms with Crippen molar-refractivity contribution in [2.75, 3.05) is 17.7 Å². The molecule has 1 aromatic heterocycles. The quantitative estimate of drug-likeness (QED) is 0.863. The molecule has 20 heavy (non-hydrogen) atoms. The van der Waals surface area contributed by atoms with E-state index in [1.807, 2.05) is 13.1 Å². The summed E-state index contributed by atoms with van der Waals surface area (Å²) in [7, 11) is 1.86. The predicted molar refractivity (Wildman–Crippen MR) is 84.8 cm³/mol. The van der Waals surface area contributed by atoms with Gasteiger partial charge in [-0.3, -0.25) is 0 Å². The number of nitrogens with one attached hydrogen (secondary N) is 2. The molecule has 1 aromatic carbocycles. The van der Waals surface area contributed by atoms with Crippen molar-refractivity contribution < 1.29 is 0 Å². The van der Waals surface area contributed by atoms with Crippen LogP contribution in [0.1, 0.15) is 38.1 Å². The maximum atomic E-state index is 4.49. The minimum absolute atomic E-state index is 0.547. The summed E-state index contributed by atoms with van der Waals surface area (Å²) in [5.41, 5.74) is 2.38. The molecule has 106 valence electrons. The summed E-state index contributed by atoms with van der Waals surface area (Å²) >= 11 is 0. The van der Waals surface area contributed by atoms with Crippen molar-refractivity contribution in [2.24, 2.45) is 0 Å². The minimum Gasteiger partial charge on any atom is -0.373 e. The van der Waals surface area contributed by atoms with Gasteiger partial charge >= 0.3 is 0 Å². The van der Waals surface area contributed by atoms with E-state index < -0.39 is 0 Å². The second kappa shape index (κ2) is 6.37. The molecule has 0 radical (unpaired) electrons. The average molecular weight is 270 g/mol. The van der Waals surface area contributed by atoms with Gasteiger partial charge in [-0.1, -0.05) is 32.9 Å². The lowest BCUT2D eigenvalue weighted by molar-refractivity contribution is 0.867. The van der Waals surface area contributed by atoms with Crippen LogP contribution in [0.4, 0.5) is 17.3 Å². The number of aryl methyl sites for hydroxylation is 1. The minimum atomic E-state index is 0.547. The van der Waals surface area contributed by atoms with Gasteiger partial charge in [0.15, 0.2) is 0 Å². The molecule has 0 saturated carbocycles. The number of hydrogen-bond donors (Lipinski definition) is 2. The summed E-state index contributed by atoms with van der Waals surface area (Å²) < 4.78 is 0. The van der Waals surface area contributed by atoms with E-state index in [9.17, 15) is 0 Å². The van der Waals surface area contributed by atoms with Gasteiger partial charge < -0.3 is 10.6 Å². The summed E-state index contributed by atoms with van der Waals surface area (Å²) in [6.07, 6.45) is 0.816. The Morgan fingerprint density at radius 1 is 1.05 bits per heavy atom. The number of hydrogen-bond acceptors (Lipinski definition) is 4. The topological polar surface area (TPSA) is 49.8 Å². The predicted octanol–water partition coefficient (Wildman–Crippen LogP) is 3.95. The van der Waals surface area contributed by atoms with E-state index in [2.05, 4.69) is 65.6 Å². The largest absolute Gasteiger partial charge is 0.373 e. The molecule has 2 N–H and O–H groups in total. The Labute approximate surface area is 120 Å². The van der Waals surface area contributed by atoms with E-state index in [4.69, 9.17) is 0 Å². The fraction of sp³-hybridized carbons (Fsp3) is 0.375. The Morgan fingerprint density at radius 2 is 1.70 bits per heavy atom. The summed E-state index contributed by atoms with van der Waals surface area (Å²) in [5.74, 6) is 3.03. The average Bonchev–Trinajstić information content (AvgIpc) is 2.47. The van der Waals surface area contributed by atoms with Crippen molar-refractivity contribution >= 4 is 17.3 Å². The van der Waals surface area contributed by atoms with Crippen molar-refractivity contribution in [3.63, 3.8) is 0 Å². The van der Waals surface area contributed by atoms with Gasteiger partial charge in [0.05, 0.1) is 0 Å². The molecule has 0 aliphatic carbocycles. The molecule has 1 heterocycles. The van der Waals surface area contributed by atoms with Crippen LogP contribution in [-0.2, 0) is 6.42 Å². The van der Waals surface area contributed by atoms with E-state index in [0.717, 1.165) is 29.6 Å². The van der Waals surface area contributed by atoms with Gasteiger partial charge in [0.2, 0.25) is 0 Å². The van der Waals surface area contributed by atoms with E-state index in [0.29, 0.717) is 5.92 Å². The van der Waals surface area contributed by atoms with Crippen LogP contribution in [0, 0.1) is 0 Å². The van der Waals surface area contributed by atoms with Gasteiger partial charge in [0.1, 0.15) is 17.5 Å². The van der Waals surface area contributed by atoms with E-state index >= 15 is 0 Å². The highest BCUT2D eigenvalue weighted by Gasteiger charge is 2.04. The molecular weight excluding hydrogens is 248 g/mol. The SMILES string of the molecule is CCc1nc(NC)cc(Nc2ccc(C(C)C)cc2)n1. The van der Waals surface area contributed by atoms with Crippen LogP contribution < -0.4 is 10.6 Å². The first-order valence-electron chi connectivity index (χ1n) is 7.05. The van der Waals surface area contributed by atoms with Crippen LogP contribution >= 0.6 is 0 Å². The number of aromatic nitrogens is 2. The third kappa shape index (κ3) is 3.47. The van der Waals surface area contributed by atoms with Crippen LogP contribution in [0.2, 0.25) is 0 Å². The smallest absolute Gasteiger partial charge is 0.136 e. The van der Waals surface area contributed by atoms with Crippen LogP contribution in [0.5, 0.6) is 0 Å². The van der Waals surface area contributed by atoms with Crippen molar-refractivity contribution in [3.8, 4) is 0 Å². The van der Waals surface area contributed by atoms with E-state index in [1.54, 1.807) is 0 Å². The van der Waals surface area contributed by atoms with Crippen LogP contribution in [-0.4, -0.2) is 17.0 Å². The van der Waals surface area contributed by atoms with Gasteiger partial charge in [0, 0.05) is 25.2 Å². The first-order chi connectivity index (χ1) is 9.62. The third-order valence-corrected chi connectivity index (χ3v) is 3.19. The maximum Gasteiger partial charge on any atom is 0.136 e. The molecule has 0 bridgehead atoms. The molecule has 0 saturated heterocycles. The maximum absolute atomic E-state index is 4.49. The molecular formula is C16H22N4. The first kappa shape index (κ1) is 14.3. The molecule has 0 unspecified atom stereocenters.